The van der Waals surface area contributed by atoms with Gasteiger partial charge in [0.2, 0.25) is 0 Å². The summed E-state index contributed by atoms with van der Waals surface area (Å²) in [6, 6.07) is 19.9. The summed E-state index contributed by atoms with van der Waals surface area (Å²) in [5, 5.41) is 0. The molecule has 0 aliphatic heterocycles. The molecule has 0 N–H and O–H groups in total. The van der Waals surface area contributed by atoms with E-state index in [-0.39, 0.29) is 0 Å². The van der Waals surface area contributed by atoms with Crippen molar-refractivity contribution in [1.82, 2.24) is 0 Å². The van der Waals surface area contributed by atoms with E-state index in [1.54, 1.807) is 0 Å². The smallest absolute Gasteiger partial charge is 0.323 e. The van der Waals surface area contributed by atoms with Crippen molar-refractivity contribution in [3.63, 3.8) is 0 Å². The van der Waals surface area contributed by atoms with Crippen molar-refractivity contribution in [2.45, 2.75) is 19.3 Å². The zero-order valence-corrected chi connectivity index (χ0v) is 15.0. The minimum absolute atomic E-state index is 0.290. The highest BCUT2D eigenvalue weighted by Gasteiger charge is 2.53. The van der Waals surface area contributed by atoms with Gasteiger partial charge in [-0.15, -0.1) is 0 Å². The van der Waals surface area contributed by atoms with Gasteiger partial charge in [0.25, 0.3) is 0 Å². The molecule has 0 bridgehead atoms. The molecule has 0 amide bonds. The van der Waals surface area contributed by atoms with Crippen LogP contribution < -0.4 is 0 Å². The first-order valence-corrected chi connectivity index (χ1v) is 8.58. The lowest BCUT2D eigenvalue weighted by molar-refractivity contribution is -0.168. The van der Waals surface area contributed by atoms with Crippen LogP contribution in [0.4, 0.5) is 0 Å². The third kappa shape index (κ3) is 3.27. The average Bonchev–Trinajstić information content (AvgIpc) is 3.08. The third-order valence-electron chi connectivity index (χ3n) is 4.96. The van der Waals surface area contributed by atoms with Crippen LogP contribution in [0.1, 0.15) is 24.0 Å². The SMILES string of the molecule is COC(=O)C1(C(=O)OC)CC(Cc2ccccc2)=C(c2ccccc2)C1. The predicted octanol–water partition coefficient (Wildman–Crippen LogP) is 3.81. The van der Waals surface area contributed by atoms with Crippen LogP contribution in [0, 0.1) is 5.41 Å². The van der Waals surface area contributed by atoms with Crippen molar-refractivity contribution in [3.8, 4) is 0 Å². The van der Waals surface area contributed by atoms with Gasteiger partial charge in [-0.2, -0.15) is 0 Å². The molecule has 0 atom stereocenters. The number of methoxy groups -OCH3 is 2. The Balaban J connectivity index is 2.05. The average molecular weight is 350 g/mol. The van der Waals surface area contributed by atoms with E-state index in [1.165, 1.54) is 14.2 Å². The Kier molecular flexibility index (Phi) is 5.21. The van der Waals surface area contributed by atoms with Gasteiger partial charge >= 0.3 is 11.9 Å². The lowest BCUT2D eigenvalue weighted by atomic mass is 9.82. The molecule has 134 valence electrons. The Hall–Kier alpha value is -2.88. The van der Waals surface area contributed by atoms with E-state index >= 15 is 0 Å². The first-order chi connectivity index (χ1) is 12.6. The van der Waals surface area contributed by atoms with Crippen molar-refractivity contribution in [2.75, 3.05) is 14.2 Å². The van der Waals surface area contributed by atoms with E-state index in [2.05, 4.69) is 0 Å². The molecule has 26 heavy (non-hydrogen) atoms. The minimum atomic E-state index is -1.31. The summed E-state index contributed by atoms with van der Waals surface area (Å²) >= 11 is 0. The molecule has 0 spiro atoms. The maximum Gasteiger partial charge on any atom is 0.323 e. The lowest BCUT2D eigenvalue weighted by Crippen LogP contribution is -2.39. The second-order valence-electron chi connectivity index (χ2n) is 6.53. The van der Waals surface area contributed by atoms with Crippen LogP contribution >= 0.6 is 0 Å². The first-order valence-electron chi connectivity index (χ1n) is 8.58. The molecule has 2 aromatic rings. The Morgan fingerprint density at radius 1 is 0.846 bits per heavy atom. The van der Waals surface area contributed by atoms with Crippen LogP contribution in [0.3, 0.4) is 0 Å². The van der Waals surface area contributed by atoms with Gasteiger partial charge in [-0.3, -0.25) is 9.59 Å². The highest BCUT2D eigenvalue weighted by molar-refractivity contribution is 6.04. The molecule has 2 aromatic carbocycles. The fourth-order valence-corrected chi connectivity index (χ4v) is 3.68. The Morgan fingerprint density at radius 2 is 1.38 bits per heavy atom. The van der Waals surface area contributed by atoms with Crippen LogP contribution in [0.5, 0.6) is 0 Å². The number of esters is 2. The van der Waals surface area contributed by atoms with Crippen LogP contribution in [-0.2, 0) is 25.5 Å². The number of hydrogen-bond acceptors (Lipinski definition) is 4. The molecular weight excluding hydrogens is 328 g/mol. The highest BCUT2D eigenvalue weighted by Crippen LogP contribution is 2.48. The second-order valence-corrected chi connectivity index (χ2v) is 6.53. The molecule has 1 aliphatic rings. The fourth-order valence-electron chi connectivity index (χ4n) is 3.68. The van der Waals surface area contributed by atoms with E-state index in [1.807, 2.05) is 60.7 Å². The number of rotatable bonds is 5. The van der Waals surface area contributed by atoms with E-state index in [0.29, 0.717) is 19.3 Å². The number of benzene rings is 2. The molecule has 0 fully saturated rings. The standard InChI is InChI=1S/C22H22O4/c1-25-20(23)22(21(24)26-2)14-18(13-16-9-5-3-6-10-16)19(15-22)17-11-7-4-8-12-17/h3-12H,13-15H2,1-2H3. The fraction of sp³-hybridized carbons (Fsp3) is 0.273. The van der Waals surface area contributed by atoms with E-state index in [0.717, 1.165) is 22.3 Å². The zero-order valence-electron chi connectivity index (χ0n) is 15.0. The van der Waals surface area contributed by atoms with Crippen molar-refractivity contribution in [1.29, 1.82) is 0 Å². The molecule has 0 unspecified atom stereocenters. The number of carbonyl (C=O) groups is 2. The summed E-state index contributed by atoms with van der Waals surface area (Å²) in [4.78, 5) is 25.1. The summed E-state index contributed by atoms with van der Waals surface area (Å²) in [6.07, 6.45) is 1.28. The van der Waals surface area contributed by atoms with Gasteiger partial charge in [0.05, 0.1) is 14.2 Å². The van der Waals surface area contributed by atoms with Gasteiger partial charge in [0.15, 0.2) is 5.41 Å². The van der Waals surface area contributed by atoms with Crippen molar-refractivity contribution in [3.05, 3.63) is 77.4 Å². The van der Waals surface area contributed by atoms with Gasteiger partial charge in [-0.1, -0.05) is 66.2 Å². The molecule has 4 nitrogen and oxygen atoms in total. The normalized spacial score (nSPS) is 15.6. The van der Waals surface area contributed by atoms with E-state index in [4.69, 9.17) is 9.47 Å². The van der Waals surface area contributed by atoms with Crippen molar-refractivity contribution in [2.24, 2.45) is 5.41 Å². The number of hydrogen-bond donors (Lipinski definition) is 0. The number of ether oxygens (including phenoxy) is 2. The maximum atomic E-state index is 12.6. The topological polar surface area (TPSA) is 52.6 Å². The third-order valence-corrected chi connectivity index (χ3v) is 4.96. The lowest BCUT2D eigenvalue weighted by Gasteiger charge is -2.23. The van der Waals surface area contributed by atoms with Crippen LogP contribution in [0.2, 0.25) is 0 Å². The summed E-state index contributed by atoms with van der Waals surface area (Å²) in [5.74, 6) is -1.08. The zero-order chi connectivity index (χ0) is 18.6. The summed E-state index contributed by atoms with van der Waals surface area (Å²) in [7, 11) is 2.62. The Bertz CT molecular complexity index is 806. The molecule has 1 aliphatic carbocycles. The molecule has 3 rings (SSSR count). The summed E-state index contributed by atoms with van der Waals surface area (Å²) < 4.78 is 9.95. The summed E-state index contributed by atoms with van der Waals surface area (Å²) in [5.41, 5.74) is 2.94. The highest BCUT2D eigenvalue weighted by atomic mass is 16.5. The van der Waals surface area contributed by atoms with Gasteiger partial charge in [-0.25, -0.2) is 0 Å². The van der Waals surface area contributed by atoms with E-state index < -0.39 is 17.4 Å². The van der Waals surface area contributed by atoms with Gasteiger partial charge in [0.1, 0.15) is 0 Å². The van der Waals surface area contributed by atoms with Crippen LogP contribution in [0.15, 0.2) is 66.2 Å². The molecule has 4 heteroatoms. The van der Waals surface area contributed by atoms with Crippen molar-refractivity contribution < 1.29 is 19.1 Å². The number of allylic oxidation sites excluding steroid dienone is 2. The molecule has 0 aromatic heterocycles. The largest absolute Gasteiger partial charge is 0.468 e. The molecule has 0 heterocycles. The minimum Gasteiger partial charge on any atom is -0.468 e. The molecule has 0 saturated carbocycles. The first kappa shape index (κ1) is 17.9. The molecular formula is C22H22O4. The molecule has 0 saturated heterocycles. The Morgan fingerprint density at radius 3 is 1.92 bits per heavy atom. The van der Waals surface area contributed by atoms with Gasteiger partial charge in [-0.05, 0) is 29.5 Å². The maximum absolute atomic E-state index is 12.6. The summed E-state index contributed by atoms with van der Waals surface area (Å²) in [6.45, 7) is 0. The second kappa shape index (κ2) is 7.56. The monoisotopic (exact) mass is 350 g/mol. The van der Waals surface area contributed by atoms with Gasteiger partial charge in [0, 0.05) is 6.42 Å². The predicted molar refractivity (Wildman–Crippen MR) is 99.2 cm³/mol. The molecule has 0 radical (unpaired) electrons. The van der Waals surface area contributed by atoms with Gasteiger partial charge < -0.3 is 9.47 Å². The quantitative estimate of drug-likeness (QED) is 0.608. The Labute approximate surface area is 153 Å². The van der Waals surface area contributed by atoms with Crippen LogP contribution in [0.25, 0.3) is 5.57 Å². The van der Waals surface area contributed by atoms with Crippen molar-refractivity contribution >= 4 is 17.5 Å². The van der Waals surface area contributed by atoms with Crippen LogP contribution in [-0.4, -0.2) is 26.2 Å². The number of carbonyl (C=O) groups excluding carboxylic acids is 2. The van der Waals surface area contributed by atoms with E-state index in [9.17, 15) is 9.59 Å².